The zero-order chi connectivity index (χ0) is 14.8. The van der Waals surface area contributed by atoms with Crippen LogP contribution in [0.5, 0.6) is 5.75 Å². The Labute approximate surface area is 127 Å². The van der Waals surface area contributed by atoms with E-state index in [-0.39, 0.29) is 5.41 Å². The van der Waals surface area contributed by atoms with Crippen LogP contribution in [-0.4, -0.2) is 19.2 Å². The number of benzene rings is 1. The van der Waals surface area contributed by atoms with Gasteiger partial charge in [0.25, 0.3) is 0 Å². The van der Waals surface area contributed by atoms with Crippen LogP contribution < -0.4 is 10.1 Å². The fourth-order valence-corrected chi connectivity index (χ4v) is 3.83. The highest BCUT2D eigenvalue weighted by Gasteiger charge is 2.53. The summed E-state index contributed by atoms with van der Waals surface area (Å²) in [4.78, 5) is 0. The summed E-state index contributed by atoms with van der Waals surface area (Å²) in [7, 11) is 2.05. The molecule has 1 aromatic carbocycles. The van der Waals surface area contributed by atoms with Crippen molar-refractivity contribution in [1.29, 1.82) is 0 Å². The number of hydrogen-bond acceptors (Lipinski definition) is 2. The van der Waals surface area contributed by atoms with Crippen molar-refractivity contribution in [2.75, 3.05) is 7.05 Å². The first-order chi connectivity index (χ1) is 9.61. The van der Waals surface area contributed by atoms with E-state index in [1.807, 2.05) is 12.1 Å². The zero-order valence-electron chi connectivity index (χ0n) is 13.0. The van der Waals surface area contributed by atoms with Gasteiger partial charge in [0.05, 0.1) is 0 Å². The van der Waals surface area contributed by atoms with Crippen molar-refractivity contribution in [3.05, 3.63) is 28.8 Å². The van der Waals surface area contributed by atoms with Crippen LogP contribution in [0.15, 0.2) is 18.2 Å². The van der Waals surface area contributed by atoms with Crippen LogP contribution in [0.2, 0.25) is 5.02 Å². The molecular formula is C17H26ClNO. The monoisotopic (exact) mass is 295 g/mol. The Kier molecular flexibility index (Phi) is 4.98. The average molecular weight is 296 g/mol. The van der Waals surface area contributed by atoms with E-state index in [9.17, 15) is 0 Å². The van der Waals surface area contributed by atoms with E-state index in [1.165, 1.54) is 0 Å². The Morgan fingerprint density at radius 1 is 1.30 bits per heavy atom. The summed E-state index contributed by atoms with van der Waals surface area (Å²) < 4.78 is 6.28. The van der Waals surface area contributed by atoms with Crippen molar-refractivity contribution in [2.24, 2.45) is 5.41 Å². The summed E-state index contributed by atoms with van der Waals surface area (Å²) in [6.07, 6.45) is 4.62. The number of aryl methyl sites for hydroxylation is 1. The van der Waals surface area contributed by atoms with E-state index in [1.54, 1.807) is 0 Å². The molecule has 0 amide bonds. The van der Waals surface area contributed by atoms with Gasteiger partial charge in [0.1, 0.15) is 11.9 Å². The van der Waals surface area contributed by atoms with Gasteiger partial charge in [-0.05, 0) is 50.1 Å². The lowest BCUT2D eigenvalue weighted by Crippen LogP contribution is -2.63. The number of hydrogen-bond donors (Lipinski definition) is 1. The predicted molar refractivity (Wildman–Crippen MR) is 85.7 cm³/mol. The minimum absolute atomic E-state index is 0.265. The van der Waals surface area contributed by atoms with Crippen molar-refractivity contribution >= 4 is 11.6 Å². The lowest BCUT2D eigenvalue weighted by molar-refractivity contribution is -0.0836. The molecule has 0 spiro atoms. The van der Waals surface area contributed by atoms with Crippen LogP contribution in [0.4, 0.5) is 0 Å². The normalized spacial score (nSPS) is 24.2. The van der Waals surface area contributed by atoms with Gasteiger partial charge in [0.15, 0.2) is 0 Å². The van der Waals surface area contributed by atoms with Crippen LogP contribution in [0.3, 0.4) is 0 Å². The molecule has 1 N–H and O–H groups in total. The maximum absolute atomic E-state index is 6.28. The molecule has 1 fully saturated rings. The number of nitrogens with one attached hydrogen (secondary N) is 1. The standard InChI is InChI=1S/C17H26ClNO/c1-5-12-10-13(8-9-14(12)18)20-16-11-15(19-4)17(16,6-2)7-3/h8-10,15-16,19H,5-7,11H2,1-4H3. The second kappa shape index (κ2) is 6.36. The lowest BCUT2D eigenvalue weighted by atomic mass is 9.58. The molecule has 0 bridgehead atoms. The highest BCUT2D eigenvalue weighted by Crippen LogP contribution is 2.48. The van der Waals surface area contributed by atoms with Gasteiger partial charge in [0.2, 0.25) is 0 Å². The van der Waals surface area contributed by atoms with Crippen LogP contribution >= 0.6 is 11.6 Å². The molecule has 0 radical (unpaired) electrons. The van der Waals surface area contributed by atoms with Crippen molar-refractivity contribution in [2.45, 2.75) is 58.6 Å². The number of ether oxygens (including phenoxy) is 1. The molecule has 2 unspecified atom stereocenters. The van der Waals surface area contributed by atoms with E-state index in [0.717, 1.165) is 42.0 Å². The lowest BCUT2D eigenvalue weighted by Gasteiger charge is -2.55. The Hall–Kier alpha value is -0.730. The van der Waals surface area contributed by atoms with Gasteiger partial charge in [0, 0.05) is 22.9 Å². The minimum Gasteiger partial charge on any atom is -0.490 e. The molecule has 2 rings (SSSR count). The average Bonchev–Trinajstić information content (AvgIpc) is 2.46. The second-order valence-corrected chi connectivity index (χ2v) is 6.14. The molecule has 0 saturated heterocycles. The highest BCUT2D eigenvalue weighted by molar-refractivity contribution is 6.31. The largest absolute Gasteiger partial charge is 0.490 e. The summed E-state index contributed by atoms with van der Waals surface area (Å²) in [5.74, 6) is 0.956. The molecular weight excluding hydrogens is 270 g/mol. The van der Waals surface area contributed by atoms with Crippen molar-refractivity contribution in [3.8, 4) is 5.75 Å². The molecule has 3 heteroatoms. The van der Waals surface area contributed by atoms with Crippen LogP contribution in [0.1, 0.15) is 45.6 Å². The molecule has 2 nitrogen and oxygen atoms in total. The summed E-state index contributed by atoms with van der Waals surface area (Å²) in [6, 6.07) is 6.60. The van der Waals surface area contributed by atoms with E-state index in [0.29, 0.717) is 12.1 Å². The molecule has 0 heterocycles. The molecule has 0 aliphatic heterocycles. The quantitative estimate of drug-likeness (QED) is 0.837. The topological polar surface area (TPSA) is 21.3 Å². The van der Waals surface area contributed by atoms with Gasteiger partial charge in [-0.25, -0.2) is 0 Å². The van der Waals surface area contributed by atoms with Crippen LogP contribution in [0.25, 0.3) is 0 Å². The first-order valence-electron chi connectivity index (χ1n) is 7.73. The van der Waals surface area contributed by atoms with E-state index in [2.05, 4.69) is 39.2 Å². The third-order valence-electron chi connectivity index (χ3n) is 5.13. The molecule has 1 aliphatic carbocycles. The van der Waals surface area contributed by atoms with Gasteiger partial charge in [-0.15, -0.1) is 0 Å². The molecule has 1 saturated carbocycles. The number of rotatable bonds is 6. The summed E-state index contributed by atoms with van der Waals surface area (Å²) >= 11 is 6.17. The van der Waals surface area contributed by atoms with E-state index >= 15 is 0 Å². The third kappa shape index (κ3) is 2.56. The SMILES string of the molecule is CCc1cc(OC2CC(NC)C2(CC)CC)ccc1Cl. The highest BCUT2D eigenvalue weighted by atomic mass is 35.5. The molecule has 2 atom stereocenters. The fraction of sp³-hybridized carbons (Fsp3) is 0.647. The zero-order valence-corrected chi connectivity index (χ0v) is 13.8. The van der Waals surface area contributed by atoms with Gasteiger partial charge in [-0.2, -0.15) is 0 Å². The molecule has 1 aromatic rings. The minimum atomic E-state index is 0.265. The van der Waals surface area contributed by atoms with Gasteiger partial charge >= 0.3 is 0 Å². The molecule has 112 valence electrons. The third-order valence-corrected chi connectivity index (χ3v) is 5.50. The first kappa shape index (κ1) is 15.7. The maximum atomic E-state index is 6.28. The Bertz CT molecular complexity index is 456. The predicted octanol–water partition coefficient (Wildman–Crippen LogP) is 4.45. The molecule has 0 aromatic heterocycles. The maximum Gasteiger partial charge on any atom is 0.120 e. The first-order valence-corrected chi connectivity index (χ1v) is 8.11. The van der Waals surface area contributed by atoms with Crippen molar-refractivity contribution in [3.63, 3.8) is 0 Å². The molecule has 20 heavy (non-hydrogen) atoms. The fourth-order valence-electron chi connectivity index (χ4n) is 3.58. The van der Waals surface area contributed by atoms with Crippen LogP contribution in [0, 0.1) is 5.41 Å². The number of halogens is 1. The molecule has 1 aliphatic rings. The van der Waals surface area contributed by atoms with E-state index in [4.69, 9.17) is 16.3 Å². The summed E-state index contributed by atoms with van der Waals surface area (Å²) in [5, 5.41) is 4.27. The smallest absolute Gasteiger partial charge is 0.120 e. The Balaban J connectivity index is 2.14. The summed E-state index contributed by atoms with van der Waals surface area (Å²) in [6.45, 7) is 6.65. The Morgan fingerprint density at radius 3 is 2.55 bits per heavy atom. The van der Waals surface area contributed by atoms with E-state index < -0.39 is 0 Å². The van der Waals surface area contributed by atoms with Crippen molar-refractivity contribution < 1.29 is 4.74 Å². The van der Waals surface area contributed by atoms with Gasteiger partial charge in [-0.1, -0.05) is 32.4 Å². The Morgan fingerprint density at radius 2 is 2.00 bits per heavy atom. The van der Waals surface area contributed by atoms with Gasteiger partial charge < -0.3 is 10.1 Å². The van der Waals surface area contributed by atoms with Gasteiger partial charge in [-0.3, -0.25) is 0 Å². The van der Waals surface area contributed by atoms with Crippen LogP contribution in [-0.2, 0) is 6.42 Å². The van der Waals surface area contributed by atoms with Crippen molar-refractivity contribution in [1.82, 2.24) is 5.32 Å². The summed E-state index contributed by atoms with van der Waals surface area (Å²) in [5.41, 5.74) is 1.42. The second-order valence-electron chi connectivity index (χ2n) is 5.73.